The number of carbonyl (C=O) groups is 2. The number of carboxylic acids is 1. The standard InChI is InChI=1S/C14H24N2O5/c1-9-4-5-16(10(6-9)13(17)18)14(19)15-7-11(20-2)12(8-15)21-3/h9-12H,4-8H2,1-3H3,(H,17,18). The monoisotopic (exact) mass is 300 g/mol. The molecule has 4 unspecified atom stereocenters. The van der Waals surface area contributed by atoms with E-state index in [1.165, 1.54) is 4.90 Å². The Bertz CT molecular complexity index is 391. The lowest BCUT2D eigenvalue weighted by molar-refractivity contribution is -0.144. The van der Waals surface area contributed by atoms with Crippen LogP contribution in [0.15, 0.2) is 0 Å². The minimum atomic E-state index is -0.930. The third-order valence-corrected chi connectivity index (χ3v) is 4.49. The molecule has 2 heterocycles. The van der Waals surface area contributed by atoms with Crippen molar-refractivity contribution in [1.82, 2.24) is 9.80 Å². The summed E-state index contributed by atoms with van der Waals surface area (Å²) in [5.41, 5.74) is 0. The highest BCUT2D eigenvalue weighted by atomic mass is 16.5. The van der Waals surface area contributed by atoms with Gasteiger partial charge in [0.25, 0.3) is 0 Å². The Balaban J connectivity index is 2.06. The van der Waals surface area contributed by atoms with Gasteiger partial charge in [0.15, 0.2) is 0 Å². The number of nitrogens with zero attached hydrogens (tertiary/aromatic N) is 2. The summed E-state index contributed by atoms with van der Waals surface area (Å²) >= 11 is 0. The van der Waals surface area contributed by atoms with E-state index in [2.05, 4.69) is 0 Å². The molecule has 0 aromatic carbocycles. The maximum atomic E-state index is 12.6. The number of rotatable bonds is 3. The van der Waals surface area contributed by atoms with Crippen molar-refractivity contribution in [1.29, 1.82) is 0 Å². The highest BCUT2D eigenvalue weighted by Gasteiger charge is 2.41. The highest BCUT2D eigenvalue weighted by Crippen LogP contribution is 2.26. The van der Waals surface area contributed by atoms with Crippen LogP contribution in [0.4, 0.5) is 4.79 Å². The summed E-state index contributed by atoms with van der Waals surface area (Å²) < 4.78 is 10.6. The van der Waals surface area contributed by atoms with E-state index in [1.807, 2.05) is 6.92 Å². The molecule has 0 bridgehead atoms. The number of likely N-dealkylation sites (tertiary alicyclic amines) is 2. The number of urea groups is 1. The van der Waals surface area contributed by atoms with Gasteiger partial charge in [0.05, 0.1) is 13.1 Å². The molecule has 2 aliphatic heterocycles. The molecule has 4 atom stereocenters. The van der Waals surface area contributed by atoms with Crippen LogP contribution in [0.3, 0.4) is 0 Å². The average Bonchev–Trinajstić information content (AvgIpc) is 2.89. The molecule has 0 aromatic rings. The number of amides is 2. The van der Waals surface area contributed by atoms with Crippen LogP contribution in [0.1, 0.15) is 19.8 Å². The number of hydrogen-bond acceptors (Lipinski definition) is 4. The van der Waals surface area contributed by atoms with Gasteiger partial charge in [-0.1, -0.05) is 6.92 Å². The van der Waals surface area contributed by atoms with Gasteiger partial charge in [-0.15, -0.1) is 0 Å². The second-order valence-corrected chi connectivity index (χ2v) is 5.91. The lowest BCUT2D eigenvalue weighted by Gasteiger charge is -2.38. The zero-order chi connectivity index (χ0) is 15.6. The van der Waals surface area contributed by atoms with Crippen LogP contribution < -0.4 is 0 Å². The number of hydrogen-bond donors (Lipinski definition) is 1. The first-order valence-corrected chi connectivity index (χ1v) is 7.31. The van der Waals surface area contributed by atoms with Crippen molar-refractivity contribution in [2.45, 2.75) is 38.0 Å². The van der Waals surface area contributed by atoms with E-state index in [-0.39, 0.29) is 18.2 Å². The molecule has 2 amide bonds. The molecular weight excluding hydrogens is 276 g/mol. The Morgan fingerprint density at radius 1 is 1.14 bits per heavy atom. The first-order valence-electron chi connectivity index (χ1n) is 7.31. The molecule has 0 radical (unpaired) electrons. The molecule has 2 saturated heterocycles. The molecule has 1 N–H and O–H groups in total. The fraction of sp³-hybridized carbons (Fsp3) is 0.857. The van der Waals surface area contributed by atoms with E-state index in [4.69, 9.17) is 9.47 Å². The van der Waals surface area contributed by atoms with Crippen LogP contribution in [0, 0.1) is 5.92 Å². The maximum Gasteiger partial charge on any atom is 0.326 e. The number of carboxylic acid groups (broad SMARTS) is 1. The van der Waals surface area contributed by atoms with Crippen molar-refractivity contribution in [2.75, 3.05) is 33.9 Å². The van der Waals surface area contributed by atoms with Crippen molar-refractivity contribution < 1.29 is 24.2 Å². The Morgan fingerprint density at radius 2 is 1.71 bits per heavy atom. The lowest BCUT2D eigenvalue weighted by Crippen LogP contribution is -2.54. The first-order chi connectivity index (χ1) is 9.97. The smallest absolute Gasteiger partial charge is 0.326 e. The number of piperidine rings is 1. The fourth-order valence-electron chi connectivity index (χ4n) is 3.14. The summed E-state index contributed by atoms with van der Waals surface area (Å²) in [5.74, 6) is -0.604. The third-order valence-electron chi connectivity index (χ3n) is 4.49. The van der Waals surface area contributed by atoms with Crippen LogP contribution in [-0.2, 0) is 14.3 Å². The normalized spacial score (nSPS) is 33.3. The maximum absolute atomic E-state index is 12.6. The molecule has 21 heavy (non-hydrogen) atoms. The minimum absolute atomic E-state index is 0.161. The summed E-state index contributed by atoms with van der Waals surface area (Å²) in [5, 5.41) is 9.35. The van der Waals surface area contributed by atoms with Crippen molar-refractivity contribution in [3.05, 3.63) is 0 Å². The minimum Gasteiger partial charge on any atom is -0.480 e. The Hall–Kier alpha value is -1.34. The molecule has 2 aliphatic rings. The van der Waals surface area contributed by atoms with Crippen LogP contribution in [-0.4, -0.2) is 79.0 Å². The zero-order valence-corrected chi connectivity index (χ0v) is 12.8. The van der Waals surface area contributed by atoms with Gasteiger partial charge in [-0.3, -0.25) is 0 Å². The molecule has 0 saturated carbocycles. The second kappa shape index (κ2) is 6.62. The molecule has 2 rings (SSSR count). The molecular formula is C14H24N2O5. The molecule has 2 fully saturated rings. The Kier molecular flexibility index (Phi) is 5.05. The summed E-state index contributed by atoms with van der Waals surface area (Å²) in [6, 6.07) is -0.959. The third kappa shape index (κ3) is 3.29. The van der Waals surface area contributed by atoms with Gasteiger partial charge in [-0.25, -0.2) is 9.59 Å². The van der Waals surface area contributed by atoms with E-state index >= 15 is 0 Å². The topological polar surface area (TPSA) is 79.3 Å². The van der Waals surface area contributed by atoms with Crippen molar-refractivity contribution >= 4 is 12.0 Å². The highest BCUT2D eigenvalue weighted by molar-refractivity contribution is 5.83. The predicted molar refractivity (Wildman–Crippen MR) is 75.1 cm³/mol. The molecule has 0 spiro atoms. The summed E-state index contributed by atoms with van der Waals surface area (Å²) in [6.07, 6.45) is 1.03. The number of aliphatic carboxylic acids is 1. The molecule has 0 aliphatic carbocycles. The summed E-state index contributed by atoms with van der Waals surface area (Å²) in [4.78, 5) is 27.1. The SMILES string of the molecule is COC1CN(C(=O)N2CCC(C)CC2C(=O)O)CC1OC. The van der Waals surface area contributed by atoms with E-state index < -0.39 is 12.0 Å². The Morgan fingerprint density at radius 3 is 2.19 bits per heavy atom. The zero-order valence-electron chi connectivity index (χ0n) is 12.8. The van der Waals surface area contributed by atoms with Crippen LogP contribution in [0.5, 0.6) is 0 Å². The largest absolute Gasteiger partial charge is 0.480 e. The van der Waals surface area contributed by atoms with Gasteiger partial charge in [0.2, 0.25) is 0 Å². The quantitative estimate of drug-likeness (QED) is 0.827. The first kappa shape index (κ1) is 16.0. The van der Waals surface area contributed by atoms with Gasteiger partial charge in [0, 0.05) is 20.8 Å². The van der Waals surface area contributed by atoms with Crippen LogP contribution >= 0.6 is 0 Å². The average molecular weight is 300 g/mol. The van der Waals surface area contributed by atoms with Crippen molar-refractivity contribution in [3.63, 3.8) is 0 Å². The molecule has 7 nitrogen and oxygen atoms in total. The lowest BCUT2D eigenvalue weighted by atomic mass is 9.93. The van der Waals surface area contributed by atoms with E-state index in [0.29, 0.717) is 32.0 Å². The van der Waals surface area contributed by atoms with Crippen LogP contribution in [0.2, 0.25) is 0 Å². The Labute approximate surface area is 124 Å². The van der Waals surface area contributed by atoms with E-state index in [1.54, 1.807) is 19.1 Å². The molecule has 7 heteroatoms. The van der Waals surface area contributed by atoms with Gasteiger partial charge < -0.3 is 24.4 Å². The molecule has 0 aromatic heterocycles. The van der Waals surface area contributed by atoms with Crippen molar-refractivity contribution in [2.24, 2.45) is 5.92 Å². The van der Waals surface area contributed by atoms with E-state index in [0.717, 1.165) is 6.42 Å². The van der Waals surface area contributed by atoms with Gasteiger partial charge in [-0.05, 0) is 18.8 Å². The summed E-state index contributed by atoms with van der Waals surface area (Å²) in [7, 11) is 3.18. The van der Waals surface area contributed by atoms with Crippen molar-refractivity contribution in [3.8, 4) is 0 Å². The summed E-state index contributed by atoms with van der Waals surface area (Å²) in [6.45, 7) is 3.39. The predicted octanol–water partition coefficient (Wildman–Crippen LogP) is 0.637. The molecule has 120 valence electrons. The van der Waals surface area contributed by atoms with Gasteiger partial charge in [-0.2, -0.15) is 0 Å². The number of ether oxygens (including phenoxy) is 2. The van der Waals surface area contributed by atoms with Gasteiger partial charge in [0.1, 0.15) is 18.2 Å². The van der Waals surface area contributed by atoms with E-state index in [9.17, 15) is 14.7 Å². The van der Waals surface area contributed by atoms with Gasteiger partial charge >= 0.3 is 12.0 Å². The van der Waals surface area contributed by atoms with Crippen LogP contribution in [0.25, 0.3) is 0 Å². The number of carbonyl (C=O) groups excluding carboxylic acids is 1. The second-order valence-electron chi connectivity index (χ2n) is 5.91. The number of methoxy groups -OCH3 is 2. The fourth-order valence-corrected chi connectivity index (χ4v) is 3.14.